The molecule has 2 aliphatic rings. The molecule has 1 atom stereocenters. The fourth-order valence-corrected chi connectivity index (χ4v) is 3.27. The van der Waals surface area contributed by atoms with Crippen molar-refractivity contribution < 1.29 is 19.1 Å². The Morgan fingerprint density at radius 2 is 1.92 bits per heavy atom. The lowest BCUT2D eigenvalue weighted by Crippen LogP contribution is -2.52. The monoisotopic (exact) mass is 360 g/mol. The van der Waals surface area contributed by atoms with Crippen LogP contribution in [0.25, 0.3) is 0 Å². The van der Waals surface area contributed by atoms with Gasteiger partial charge in [0.1, 0.15) is 11.9 Å². The Morgan fingerprint density at radius 1 is 1.19 bits per heavy atom. The van der Waals surface area contributed by atoms with Crippen LogP contribution in [0.2, 0.25) is 0 Å². The molecule has 1 unspecified atom stereocenters. The van der Waals surface area contributed by atoms with Gasteiger partial charge in [0.25, 0.3) is 11.8 Å². The Balaban J connectivity index is 1.54. The highest BCUT2D eigenvalue weighted by Gasteiger charge is 2.31. The standard InChI is InChI=1S/C20H28N2O4/c1-15(2)14-26-17-6-3-5-16(13-17)19(23)21-8-10-22(11-9-21)20(24)18-7-4-12-25-18/h3,5-6,13,15,18H,4,7-12,14H2,1-2H3. The molecule has 3 rings (SSSR count). The average molecular weight is 360 g/mol. The lowest BCUT2D eigenvalue weighted by atomic mass is 10.1. The van der Waals surface area contributed by atoms with Crippen LogP contribution in [0.1, 0.15) is 37.0 Å². The van der Waals surface area contributed by atoms with Gasteiger partial charge in [-0.05, 0) is 37.0 Å². The summed E-state index contributed by atoms with van der Waals surface area (Å²) >= 11 is 0. The Kier molecular flexibility index (Phi) is 6.14. The van der Waals surface area contributed by atoms with E-state index in [4.69, 9.17) is 9.47 Å². The van der Waals surface area contributed by atoms with E-state index in [1.807, 2.05) is 23.1 Å². The van der Waals surface area contributed by atoms with Gasteiger partial charge in [0.2, 0.25) is 0 Å². The Morgan fingerprint density at radius 3 is 2.58 bits per heavy atom. The molecule has 1 aromatic rings. The van der Waals surface area contributed by atoms with Crippen LogP contribution < -0.4 is 4.74 Å². The molecule has 0 bridgehead atoms. The summed E-state index contributed by atoms with van der Waals surface area (Å²) < 4.78 is 11.2. The van der Waals surface area contributed by atoms with Gasteiger partial charge < -0.3 is 19.3 Å². The van der Waals surface area contributed by atoms with Crippen molar-refractivity contribution >= 4 is 11.8 Å². The molecule has 0 N–H and O–H groups in total. The predicted molar refractivity (Wildman–Crippen MR) is 98.2 cm³/mol. The van der Waals surface area contributed by atoms with Crippen LogP contribution in [-0.2, 0) is 9.53 Å². The maximum atomic E-state index is 12.8. The summed E-state index contributed by atoms with van der Waals surface area (Å²) in [6, 6.07) is 7.33. The molecule has 0 aromatic heterocycles. The summed E-state index contributed by atoms with van der Waals surface area (Å²) in [6.45, 7) is 7.70. The minimum atomic E-state index is -0.285. The van der Waals surface area contributed by atoms with Crippen molar-refractivity contribution in [2.45, 2.75) is 32.8 Å². The topological polar surface area (TPSA) is 59.1 Å². The van der Waals surface area contributed by atoms with Crippen molar-refractivity contribution in [3.8, 4) is 5.75 Å². The molecule has 0 radical (unpaired) electrons. The van der Waals surface area contributed by atoms with Crippen LogP contribution in [0.3, 0.4) is 0 Å². The SMILES string of the molecule is CC(C)COc1cccc(C(=O)N2CCN(C(=O)C3CCCO3)CC2)c1. The molecular weight excluding hydrogens is 332 g/mol. The van der Waals surface area contributed by atoms with Gasteiger partial charge in [0, 0.05) is 38.3 Å². The van der Waals surface area contributed by atoms with Crippen molar-refractivity contribution in [3.63, 3.8) is 0 Å². The fraction of sp³-hybridized carbons (Fsp3) is 0.600. The van der Waals surface area contributed by atoms with Gasteiger partial charge in [0.15, 0.2) is 0 Å². The number of carbonyl (C=O) groups excluding carboxylic acids is 2. The number of hydrogen-bond donors (Lipinski definition) is 0. The van der Waals surface area contributed by atoms with E-state index in [2.05, 4.69) is 13.8 Å². The summed E-state index contributed by atoms with van der Waals surface area (Å²) in [5.74, 6) is 1.21. The lowest BCUT2D eigenvalue weighted by molar-refractivity contribution is -0.142. The van der Waals surface area contributed by atoms with E-state index in [0.717, 1.165) is 18.6 Å². The summed E-state index contributed by atoms with van der Waals surface area (Å²) in [5.41, 5.74) is 0.630. The van der Waals surface area contributed by atoms with E-state index in [0.29, 0.717) is 50.9 Å². The molecule has 0 aliphatic carbocycles. The van der Waals surface area contributed by atoms with Gasteiger partial charge in [-0.15, -0.1) is 0 Å². The highest BCUT2D eigenvalue weighted by atomic mass is 16.5. The van der Waals surface area contributed by atoms with Crippen LogP contribution in [0.4, 0.5) is 0 Å². The molecule has 2 amide bonds. The zero-order valence-electron chi connectivity index (χ0n) is 15.6. The van der Waals surface area contributed by atoms with Crippen LogP contribution in [0.15, 0.2) is 24.3 Å². The Hall–Kier alpha value is -2.08. The third kappa shape index (κ3) is 4.55. The highest BCUT2D eigenvalue weighted by molar-refractivity contribution is 5.94. The molecule has 2 saturated heterocycles. The van der Waals surface area contributed by atoms with Gasteiger partial charge in [-0.25, -0.2) is 0 Å². The second-order valence-corrected chi connectivity index (χ2v) is 7.35. The van der Waals surface area contributed by atoms with E-state index < -0.39 is 0 Å². The first-order valence-corrected chi connectivity index (χ1v) is 9.47. The van der Waals surface area contributed by atoms with Crippen molar-refractivity contribution in [1.29, 1.82) is 0 Å². The van der Waals surface area contributed by atoms with Crippen LogP contribution in [0, 0.1) is 5.92 Å². The summed E-state index contributed by atoms with van der Waals surface area (Å²) in [4.78, 5) is 28.8. The average Bonchev–Trinajstić information content (AvgIpc) is 3.20. The number of rotatable bonds is 5. The molecular formula is C20H28N2O4. The second kappa shape index (κ2) is 8.54. The quantitative estimate of drug-likeness (QED) is 0.808. The molecule has 142 valence electrons. The molecule has 2 heterocycles. The number of hydrogen-bond acceptors (Lipinski definition) is 4. The predicted octanol–water partition coefficient (Wildman–Crippen LogP) is 2.18. The van der Waals surface area contributed by atoms with Crippen LogP contribution in [0.5, 0.6) is 5.75 Å². The van der Waals surface area contributed by atoms with E-state index >= 15 is 0 Å². The summed E-state index contributed by atoms with van der Waals surface area (Å²) in [5, 5.41) is 0. The van der Waals surface area contributed by atoms with Crippen molar-refractivity contribution in [3.05, 3.63) is 29.8 Å². The van der Waals surface area contributed by atoms with Gasteiger partial charge in [-0.2, -0.15) is 0 Å². The van der Waals surface area contributed by atoms with E-state index in [1.165, 1.54) is 0 Å². The minimum absolute atomic E-state index is 0.00999. The first kappa shape index (κ1) is 18.7. The van der Waals surface area contributed by atoms with E-state index in [-0.39, 0.29) is 17.9 Å². The first-order valence-electron chi connectivity index (χ1n) is 9.47. The first-order chi connectivity index (χ1) is 12.5. The number of ether oxygens (including phenoxy) is 2. The number of amides is 2. The normalized spacial score (nSPS) is 20.5. The highest BCUT2D eigenvalue weighted by Crippen LogP contribution is 2.19. The zero-order valence-corrected chi connectivity index (χ0v) is 15.6. The number of piperazine rings is 1. The zero-order chi connectivity index (χ0) is 18.5. The van der Waals surface area contributed by atoms with Gasteiger partial charge >= 0.3 is 0 Å². The second-order valence-electron chi connectivity index (χ2n) is 7.35. The molecule has 0 spiro atoms. The number of benzene rings is 1. The molecule has 6 nitrogen and oxygen atoms in total. The van der Waals surface area contributed by atoms with Crippen molar-refractivity contribution in [2.24, 2.45) is 5.92 Å². The van der Waals surface area contributed by atoms with Gasteiger partial charge in [-0.1, -0.05) is 19.9 Å². The summed E-state index contributed by atoms with van der Waals surface area (Å²) in [7, 11) is 0. The number of nitrogens with zero attached hydrogens (tertiary/aromatic N) is 2. The largest absolute Gasteiger partial charge is 0.493 e. The Labute approximate surface area is 155 Å². The Bertz CT molecular complexity index is 632. The smallest absolute Gasteiger partial charge is 0.254 e. The maximum Gasteiger partial charge on any atom is 0.254 e. The van der Waals surface area contributed by atoms with Crippen molar-refractivity contribution in [2.75, 3.05) is 39.4 Å². The fourth-order valence-electron chi connectivity index (χ4n) is 3.27. The minimum Gasteiger partial charge on any atom is -0.493 e. The summed E-state index contributed by atoms with van der Waals surface area (Å²) in [6.07, 6.45) is 1.47. The molecule has 1 aromatic carbocycles. The molecule has 2 fully saturated rings. The molecule has 26 heavy (non-hydrogen) atoms. The third-order valence-corrected chi connectivity index (χ3v) is 4.75. The van der Waals surface area contributed by atoms with Crippen molar-refractivity contribution in [1.82, 2.24) is 9.80 Å². The third-order valence-electron chi connectivity index (χ3n) is 4.75. The van der Waals surface area contributed by atoms with E-state index in [1.54, 1.807) is 11.0 Å². The van der Waals surface area contributed by atoms with Crippen LogP contribution in [-0.4, -0.2) is 67.1 Å². The lowest BCUT2D eigenvalue weighted by Gasteiger charge is -2.35. The molecule has 0 saturated carbocycles. The van der Waals surface area contributed by atoms with Gasteiger partial charge in [0.05, 0.1) is 6.61 Å². The van der Waals surface area contributed by atoms with E-state index in [9.17, 15) is 9.59 Å². The molecule has 2 aliphatic heterocycles. The van der Waals surface area contributed by atoms with Gasteiger partial charge in [-0.3, -0.25) is 9.59 Å². The number of carbonyl (C=O) groups is 2. The maximum absolute atomic E-state index is 12.8. The molecule has 6 heteroatoms. The van der Waals surface area contributed by atoms with Crippen LogP contribution >= 0.6 is 0 Å².